The zero-order valence-corrected chi connectivity index (χ0v) is 14.1. The highest BCUT2D eigenvalue weighted by Crippen LogP contribution is 2.25. The molecule has 0 aromatic heterocycles. The fourth-order valence-electron chi connectivity index (χ4n) is 2.10. The minimum atomic E-state index is 0.109. The zero-order chi connectivity index (χ0) is 15.7. The van der Waals surface area contributed by atoms with E-state index in [9.17, 15) is 4.79 Å². The van der Waals surface area contributed by atoms with E-state index in [4.69, 9.17) is 16.3 Å². The molecule has 1 amide bonds. The Hall–Kier alpha value is -1.22. The Kier molecular flexibility index (Phi) is 8.21. The summed E-state index contributed by atoms with van der Waals surface area (Å²) in [5.74, 6) is 0.927. The average molecular weight is 312 g/mol. The van der Waals surface area contributed by atoms with Gasteiger partial charge in [0.05, 0.1) is 6.61 Å². The maximum Gasteiger partial charge on any atom is 0.220 e. The molecule has 0 saturated heterocycles. The van der Waals surface area contributed by atoms with Crippen LogP contribution in [0.1, 0.15) is 50.2 Å². The molecule has 0 spiro atoms. The van der Waals surface area contributed by atoms with Gasteiger partial charge in [-0.1, -0.05) is 31.4 Å². The van der Waals surface area contributed by atoms with E-state index in [1.807, 2.05) is 26.0 Å². The Morgan fingerprint density at radius 2 is 1.86 bits per heavy atom. The number of aryl methyl sites for hydroxylation is 2. The van der Waals surface area contributed by atoms with Gasteiger partial charge in [-0.3, -0.25) is 4.79 Å². The van der Waals surface area contributed by atoms with Gasteiger partial charge in [-0.05, 0) is 49.9 Å². The molecule has 0 saturated carbocycles. The van der Waals surface area contributed by atoms with Gasteiger partial charge >= 0.3 is 0 Å². The molecule has 0 aliphatic rings. The van der Waals surface area contributed by atoms with Crippen molar-refractivity contribution in [2.45, 2.75) is 52.9 Å². The number of hydrogen-bond donors (Lipinski definition) is 1. The smallest absolute Gasteiger partial charge is 0.220 e. The van der Waals surface area contributed by atoms with Crippen LogP contribution in [0.15, 0.2) is 12.1 Å². The van der Waals surface area contributed by atoms with Gasteiger partial charge in [-0.25, -0.2) is 0 Å². The number of halogens is 1. The van der Waals surface area contributed by atoms with Crippen molar-refractivity contribution in [3.8, 4) is 5.75 Å². The van der Waals surface area contributed by atoms with E-state index < -0.39 is 0 Å². The Balaban J connectivity index is 2.21. The lowest BCUT2D eigenvalue weighted by atomic mass is 10.1. The standard InChI is InChI=1S/C17H26ClNO2/c1-4-5-6-9-19-16(20)8-7-10-21-15-11-13(2)17(18)14(3)12-15/h11-12H,4-10H2,1-3H3,(H,19,20). The Morgan fingerprint density at radius 3 is 2.48 bits per heavy atom. The molecule has 0 heterocycles. The van der Waals surface area contributed by atoms with E-state index in [-0.39, 0.29) is 5.91 Å². The molecule has 0 radical (unpaired) electrons. The van der Waals surface area contributed by atoms with Crippen LogP contribution >= 0.6 is 11.6 Å². The fourth-order valence-corrected chi connectivity index (χ4v) is 2.21. The third-order valence-electron chi connectivity index (χ3n) is 3.33. The van der Waals surface area contributed by atoms with Crippen LogP contribution in [0.25, 0.3) is 0 Å². The van der Waals surface area contributed by atoms with Crippen molar-refractivity contribution >= 4 is 17.5 Å². The lowest BCUT2D eigenvalue weighted by Crippen LogP contribution is -2.24. The van der Waals surface area contributed by atoms with E-state index in [1.165, 1.54) is 12.8 Å². The maximum atomic E-state index is 11.6. The SMILES string of the molecule is CCCCCNC(=O)CCCOc1cc(C)c(Cl)c(C)c1. The molecule has 1 rings (SSSR count). The van der Waals surface area contributed by atoms with E-state index in [2.05, 4.69) is 12.2 Å². The molecule has 4 heteroatoms. The molecule has 3 nitrogen and oxygen atoms in total. The first kappa shape index (κ1) is 17.8. The van der Waals surface area contributed by atoms with Gasteiger partial charge in [-0.15, -0.1) is 0 Å². The van der Waals surface area contributed by atoms with Gasteiger partial charge in [-0.2, -0.15) is 0 Å². The molecule has 0 fully saturated rings. The first-order valence-corrected chi connectivity index (χ1v) is 8.08. The van der Waals surface area contributed by atoms with Crippen molar-refractivity contribution in [1.29, 1.82) is 0 Å². The lowest BCUT2D eigenvalue weighted by molar-refractivity contribution is -0.121. The van der Waals surface area contributed by atoms with Crippen LogP contribution in [-0.2, 0) is 4.79 Å². The fraction of sp³-hybridized carbons (Fsp3) is 0.588. The topological polar surface area (TPSA) is 38.3 Å². The van der Waals surface area contributed by atoms with E-state index in [1.54, 1.807) is 0 Å². The zero-order valence-electron chi connectivity index (χ0n) is 13.3. The predicted octanol–water partition coefficient (Wildman–Crippen LogP) is 4.42. The summed E-state index contributed by atoms with van der Waals surface area (Å²) in [5.41, 5.74) is 2.03. The van der Waals surface area contributed by atoms with Crippen LogP contribution in [0, 0.1) is 13.8 Å². The second-order valence-electron chi connectivity index (χ2n) is 5.38. The molecule has 1 aromatic rings. The lowest BCUT2D eigenvalue weighted by Gasteiger charge is -2.10. The summed E-state index contributed by atoms with van der Waals surface area (Å²) in [6, 6.07) is 3.86. The van der Waals surface area contributed by atoms with Gasteiger partial charge in [0.1, 0.15) is 5.75 Å². The first-order valence-electron chi connectivity index (χ1n) is 7.70. The predicted molar refractivity (Wildman–Crippen MR) is 88.2 cm³/mol. The van der Waals surface area contributed by atoms with Crippen molar-refractivity contribution in [3.63, 3.8) is 0 Å². The van der Waals surface area contributed by atoms with Gasteiger partial charge in [0.2, 0.25) is 5.91 Å². The van der Waals surface area contributed by atoms with Gasteiger partial charge < -0.3 is 10.1 Å². The van der Waals surface area contributed by atoms with Crippen molar-refractivity contribution in [1.82, 2.24) is 5.32 Å². The van der Waals surface area contributed by atoms with Gasteiger partial charge in [0, 0.05) is 18.0 Å². The van der Waals surface area contributed by atoms with Crippen LogP contribution in [-0.4, -0.2) is 19.1 Å². The number of unbranched alkanes of at least 4 members (excludes halogenated alkanes) is 2. The number of ether oxygens (including phenoxy) is 1. The van der Waals surface area contributed by atoms with Crippen LogP contribution in [0.4, 0.5) is 0 Å². The molecular weight excluding hydrogens is 286 g/mol. The number of rotatable bonds is 9. The third-order valence-corrected chi connectivity index (χ3v) is 3.93. The third kappa shape index (κ3) is 6.85. The van der Waals surface area contributed by atoms with Crippen LogP contribution in [0.2, 0.25) is 5.02 Å². The van der Waals surface area contributed by atoms with Crippen molar-refractivity contribution in [3.05, 3.63) is 28.3 Å². The average Bonchev–Trinajstić information content (AvgIpc) is 2.45. The van der Waals surface area contributed by atoms with Gasteiger partial charge in [0.15, 0.2) is 0 Å². The second kappa shape index (κ2) is 9.67. The molecule has 1 aromatic carbocycles. The molecule has 21 heavy (non-hydrogen) atoms. The van der Waals surface area contributed by atoms with Crippen molar-refractivity contribution in [2.75, 3.05) is 13.2 Å². The Morgan fingerprint density at radius 1 is 1.19 bits per heavy atom. The number of hydrogen-bond acceptors (Lipinski definition) is 2. The number of carbonyl (C=O) groups is 1. The first-order chi connectivity index (χ1) is 10.0. The normalized spacial score (nSPS) is 10.5. The van der Waals surface area contributed by atoms with Crippen LogP contribution < -0.4 is 10.1 Å². The van der Waals surface area contributed by atoms with Gasteiger partial charge in [0.25, 0.3) is 0 Å². The summed E-state index contributed by atoms with van der Waals surface area (Å²) < 4.78 is 5.68. The van der Waals surface area contributed by atoms with Crippen LogP contribution in [0.5, 0.6) is 5.75 Å². The number of nitrogens with one attached hydrogen (secondary N) is 1. The molecule has 0 atom stereocenters. The molecule has 0 aliphatic heterocycles. The summed E-state index contributed by atoms with van der Waals surface area (Å²) >= 11 is 6.11. The Labute approximate surface area is 133 Å². The summed E-state index contributed by atoms with van der Waals surface area (Å²) in [4.78, 5) is 11.6. The second-order valence-corrected chi connectivity index (χ2v) is 5.76. The summed E-state index contributed by atoms with van der Waals surface area (Å²) in [7, 11) is 0. The van der Waals surface area contributed by atoms with Crippen molar-refractivity contribution < 1.29 is 9.53 Å². The highest BCUT2D eigenvalue weighted by molar-refractivity contribution is 6.32. The monoisotopic (exact) mass is 311 g/mol. The highest BCUT2D eigenvalue weighted by Gasteiger charge is 2.04. The molecule has 118 valence electrons. The molecular formula is C17H26ClNO2. The molecule has 0 unspecified atom stereocenters. The maximum absolute atomic E-state index is 11.6. The summed E-state index contributed by atoms with van der Waals surface area (Å²) in [6.07, 6.45) is 4.63. The molecule has 0 bridgehead atoms. The highest BCUT2D eigenvalue weighted by atomic mass is 35.5. The quantitative estimate of drug-likeness (QED) is 0.685. The largest absolute Gasteiger partial charge is 0.494 e. The van der Waals surface area contributed by atoms with Crippen LogP contribution in [0.3, 0.4) is 0 Å². The number of benzene rings is 1. The summed E-state index contributed by atoms with van der Waals surface area (Å²) in [5, 5.41) is 3.72. The molecule has 0 aliphatic carbocycles. The number of carbonyl (C=O) groups excluding carboxylic acids is 1. The summed E-state index contributed by atoms with van der Waals surface area (Å²) in [6.45, 7) is 7.41. The number of amides is 1. The minimum Gasteiger partial charge on any atom is -0.494 e. The van der Waals surface area contributed by atoms with E-state index in [0.29, 0.717) is 13.0 Å². The molecule has 1 N–H and O–H groups in total. The van der Waals surface area contributed by atoms with E-state index in [0.717, 1.165) is 41.3 Å². The van der Waals surface area contributed by atoms with E-state index >= 15 is 0 Å². The minimum absolute atomic E-state index is 0.109. The Bertz CT molecular complexity index is 437. The van der Waals surface area contributed by atoms with Crippen molar-refractivity contribution in [2.24, 2.45) is 0 Å².